The minimum absolute atomic E-state index is 0.0517. The molecule has 8 N–H and O–H groups in total. The molecular formula is C57H44F12N4O10. The van der Waals surface area contributed by atoms with E-state index < -0.39 is 121 Å². The van der Waals surface area contributed by atoms with Crippen molar-refractivity contribution < 1.29 is 102 Å². The second-order valence-corrected chi connectivity index (χ2v) is 18.1. The first-order chi connectivity index (χ1) is 38.6. The van der Waals surface area contributed by atoms with Gasteiger partial charge in [-0.1, -0.05) is 36.4 Å². The fraction of sp³-hybridized carbons (Fsp3) is 0.175. The molecule has 436 valence electrons. The number of benzene rings is 7. The molecule has 0 bridgehead atoms. The lowest BCUT2D eigenvalue weighted by atomic mass is 9.72. The number of alkyl halides is 12. The number of rotatable bonds is 14. The van der Waals surface area contributed by atoms with E-state index in [1.807, 2.05) is 5.32 Å². The summed E-state index contributed by atoms with van der Waals surface area (Å²) in [6, 6.07) is 22.6. The van der Waals surface area contributed by atoms with Crippen molar-refractivity contribution in [3.63, 3.8) is 0 Å². The lowest BCUT2D eigenvalue weighted by molar-refractivity contribution is -0.290. The van der Waals surface area contributed by atoms with Gasteiger partial charge >= 0.3 is 24.7 Å². The Bertz CT molecular complexity index is 3570. The number of amides is 3. The fourth-order valence-corrected chi connectivity index (χ4v) is 8.57. The average molecular weight is 1170 g/mol. The minimum atomic E-state index is -6.04. The van der Waals surface area contributed by atoms with Crippen molar-refractivity contribution >= 4 is 52.0 Å². The van der Waals surface area contributed by atoms with Gasteiger partial charge in [-0.2, -0.15) is 52.7 Å². The van der Waals surface area contributed by atoms with Crippen LogP contribution in [0, 0.1) is 0 Å². The number of phenolic OH excluding ortho intramolecular Hbond substituents is 4. The van der Waals surface area contributed by atoms with Crippen LogP contribution >= 0.6 is 0 Å². The Morgan fingerprint density at radius 2 is 0.687 bits per heavy atom. The van der Waals surface area contributed by atoms with Crippen LogP contribution in [-0.4, -0.2) is 81.5 Å². The van der Waals surface area contributed by atoms with Crippen molar-refractivity contribution in [2.24, 2.45) is 0 Å². The van der Waals surface area contributed by atoms with Crippen LogP contribution in [0.25, 0.3) is 0 Å². The van der Waals surface area contributed by atoms with E-state index in [-0.39, 0.29) is 33.9 Å². The van der Waals surface area contributed by atoms with Crippen LogP contribution < -0.4 is 26.0 Å². The van der Waals surface area contributed by atoms with Crippen LogP contribution in [0.4, 0.5) is 75.4 Å². The van der Waals surface area contributed by atoms with Gasteiger partial charge in [0.1, 0.15) is 34.5 Å². The lowest BCUT2D eigenvalue weighted by Crippen LogP contribution is -2.54. The molecule has 0 spiro atoms. The summed E-state index contributed by atoms with van der Waals surface area (Å²) in [5.74, 6) is -5.65. The van der Waals surface area contributed by atoms with Gasteiger partial charge in [-0.3, -0.25) is 24.0 Å². The molecule has 0 radical (unpaired) electrons. The predicted molar refractivity (Wildman–Crippen MR) is 277 cm³/mol. The maximum Gasteiger partial charge on any atom is 0.411 e. The molecule has 0 unspecified atom stereocenters. The number of ether oxygens (including phenoxy) is 1. The number of hydrogen-bond acceptors (Lipinski definition) is 11. The Morgan fingerprint density at radius 3 is 1.02 bits per heavy atom. The molecule has 7 rings (SSSR count). The van der Waals surface area contributed by atoms with Crippen molar-refractivity contribution in [1.82, 2.24) is 0 Å². The summed E-state index contributed by atoms with van der Waals surface area (Å²) in [6.07, 6.45) is -24.0. The number of nitrogens with one attached hydrogen (secondary N) is 4. The van der Waals surface area contributed by atoms with Crippen LogP contribution in [0.2, 0.25) is 0 Å². The summed E-state index contributed by atoms with van der Waals surface area (Å²) in [5, 5.41) is 48.8. The highest BCUT2D eigenvalue weighted by molar-refractivity contribution is 6.07. The van der Waals surface area contributed by atoms with Crippen molar-refractivity contribution in [2.45, 2.75) is 56.3 Å². The van der Waals surface area contributed by atoms with E-state index >= 15 is 0 Å². The zero-order chi connectivity index (χ0) is 61.8. The van der Waals surface area contributed by atoms with E-state index in [0.29, 0.717) is 84.1 Å². The number of Topliss-reactive ketones (excluding diaryl/α,β-unsaturated/α-hetero) is 2. The van der Waals surface area contributed by atoms with E-state index in [9.17, 15) is 97.1 Å². The first kappa shape index (κ1) is 62.4. The predicted octanol–water partition coefficient (Wildman–Crippen LogP) is 13.7. The molecular weight excluding hydrogens is 1130 g/mol. The first-order valence-corrected chi connectivity index (χ1v) is 23.8. The number of carbonyl (C=O) groups excluding carboxylic acids is 5. The third-order valence-electron chi connectivity index (χ3n) is 12.6. The van der Waals surface area contributed by atoms with Gasteiger partial charge in [0, 0.05) is 36.2 Å². The highest BCUT2D eigenvalue weighted by Crippen LogP contribution is 2.59. The van der Waals surface area contributed by atoms with Crippen LogP contribution in [-0.2, 0) is 15.6 Å². The Morgan fingerprint density at radius 1 is 0.373 bits per heavy atom. The van der Waals surface area contributed by atoms with E-state index in [1.165, 1.54) is 63.4 Å². The third kappa shape index (κ3) is 12.9. The molecule has 0 aliphatic carbocycles. The van der Waals surface area contributed by atoms with Crippen LogP contribution in [0.1, 0.15) is 84.5 Å². The zero-order valence-electron chi connectivity index (χ0n) is 43.1. The second kappa shape index (κ2) is 23.8. The highest BCUT2D eigenvalue weighted by Gasteiger charge is 2.74. The molecule has 0 saturated carbocycles. The fourth-order valence-electron chi connectivity index (χ4n) is 8.57. The van der Waals surface area contributed by atoms with Crippen LogP contribution in [0.3, 0.4) is 0 Å². The van der Waals surface area contributed by atoms with Gasteiger partial charge in [0.05, 0.1) is 22.7 Å². The van der Waals surface area contributed by atoms with Crippen molar-refractivity contribution in [1.29, 1.82) is 0 Å². The topological polar surface area (TPSA) is 224 Å². The molecule has 0 aliphatic heterocycles. The Labute approximate surface area is 462 Å². The van der Waals surface area contributed by atoms with E-state index in [2.05, 4.69) is 16.0 Å². The highest BCUT2D eigenvalue weighted by atomic mass is 19.4. The number of ketones is 2. The Balaban J connectivity index is 0.000000269. The number of hydrogen-bond donors (Lipinski definition) is 8. The molecule has 0 atom stereocenters. The number of anilines is 4. The van der Waals surface area contributed by atoms with Gasteiger partial charge in [0.15, 0.2) is 11.6 Å². The summed E-state index contributed by atoms with van der Waals surface area (Å²) < 4.78 is 181. The molecule has 0 heterocycles. The largest absolute Gasteiger partial charge is 0.506 e. The lowest BCUT2D eigenvalue weighted by Gasteiger charge is -2.38. The van der Waals surface area contributed by atoms with Gasteiger partial charge in [-0.15, -0.1) is 0 Å². The molecule has 14 nitrogen and oxygen atoms in total. The van der Waals surface area contributed by atoms with E-state index in [1.54, 1.807) is 24.3 Å². The van der Waals surface area contributed by atoms with Gasteiger partial charge in [0.2, 0.25) is 16.7 Å². The van der Waals surface area contributed by atoms with Crippen molar-refractivity contribution in [3.05, 3.63) is 190 Å². The molecule has 0 fully saturated rings. The number of halogens is 12. The molecule has 26 heteroatoms. The van der Waals surface area contributed by atoms with Crippen molar-refractivity contribution in [2.75, 3.05) is 28.3 Å². The van der Waals surface area contributed by atoms with Crippen LogP contribution in [0.5, 0.6) is 34.5 Å². The normalized spacial score (nSPS) is 12.0. The zero-order valence-corrected chi connectivity index (χ0v) is 43.1. The molecule has 83 heavy (non-hydrogen) atoms. The van der Waals surface area contributed by atoms with Gasteiger partial charge in [-0.05, 0) is 145 Å². The molecule has 0 saturated heterocycles. The van der Waals surface area contributed by atoms with E-state index in [0.717, 1.165) is 13.0 Å². The Kier molecular flexibility index (Phi) is 17.9. The van der Waals surface area contributed by atoms with Gasteiger partial charge < -0.3 is 46.4 Å². The van der Waals surface area contributed by atoms with E-state index in [4.69, 9.17) is 4.74 Å². The van der Waals surface area contributed by atoms with Gasteiger partial charge in [0.25, 0.3) is 11.8 Å². The number of carbonyl (C=O) groups is 5. The maximum atomic E-state index is 14.6. The number of aromatic hydroxyl groups is 4. The maximum absolute atomic E-state index is 14.6. The molecule has 0 aliphatic rings. The number of phenols is 4. The third-order valence-corrected chi connectivity index (χ3v) is 12.6. The standard InChI is InChI=1S/C31H24F6N2O5.C26H20F6N2O5/c1-17(40)18-3-9-22(10-4-18)44-23-11-5-19(6-12-23)28(43)39-25-16-21(8-14-27(25)42)29(30(32,33)34,31(35,36)37)20-7-13-26(41)24(15-20)38-2;1-13(35)15-4-3-5-16(10-15)23(39)34-20-12-18(7-9-22(20)38)24(25(27,28)29,26(30,31)32)17-6-8-21(37)19(11-17)33-14(2)36/h3-16,38,41-42H,1-2H3,(H,39,43);3-12,37-38H,1-2H3,(H,33,36)(H,34,39). The SMILES string of the molecule is CC(=O)Nc1cc(C(c2ccc(O)c(NC(=O)c3cccc(C(C)=O)c3)c2)(C(F)(F)F)C(F)(F)F)ccc1O.CNc1cc(C(c2ccc(O)c(NC(=O)c3ccc(Oc4ccc(C(C)=O)cc4)cc3)c2)(C(F)(F)F)C(F)(F)F)ccc1O. The summed E-state index contributed by atoms with van der Waals surface area (Å²) in [5.41, 5.74) is -16.9. The average Bonchev–Trinajstić information content (AvgIpc) is 3.55. The Hall–Kier alpha value is -9.75. The molecule has 7 aromatic carbocycles. The second-order valence-electron chi connectivity index (χ2n) is 18.1. The minimum Gasteiger partial charge on any atom is -0.506 e. The summed E-state index contributed by atoms with van der Waals surface area (Å²) in [7, 11) is 1.21. The quantitative estimate of drug-likeness (QED) is 0.0290. The summed E-state index contributed by atoms with van der Waals surface area (Å²) in [6.45, 7) is 3.57. The smallest absolute Gasteiger partial charge is 0.411 e. The molecule has 3 amide bonds. The molecule has 7 aromatic rings. The monoisotopic (exact) mass is 1170 g/mol. The summed E-state index contributed by atoms with van der Waals surface area (Å²) in [4.78, 5) is 60.0. The van der Waals surface area contributed by atoms with Crippen molar-refractivity contribution in [3.8, 4) is 34.5 Å². The van der Waals surface area contributed by atoms with Crippen LogP contribution in [0.15, 0.2) is 146 Å². The first-order valence-electron chi connectivity index (χ1n) is 23.8. The van der Waals surface area contributed by atoms with Gasteiger partial charge in [-0.25, -0.2) is 0 Å². The molecule has 0 aromatic heterocycles. The summed E-state index contributed by atoms with van der Waals surface area (Å²) >= 11 is 0.